The summed E-state index contributed by atoms with van der Waals surface area (Å²) in [6.45, 7) is 2.69. The van der Waals surface area contributed by atoms with Crippen molar-refractivity contribution in [3.63, 3.8) is 0 Å². The molecule has 0 aliphatic heterocycles. The van der Waals surface area contributed by atoms with Gasteiger partial charge in [-0.05, 0) is 36.4 Å². The average Bonchev–Trinajstić information content (AvgIpc) is 2.62. The first-order valence-corrected chi connectivity index (χ1v) is 8.44. The predicted octanol–water partition coefficient (Wildman–Crippen LogP) is 3.70. The number of ether oxygens (including phenoxy) is 3. The highest BCUT2D eigenvalue weighted by atomic mass is 35.5. The molecule has 0 aromatic heterocycles. The molecule has 0 unspecified atom stereocenters. The molecule has 0 saturated heterocycles. The maximum absolute atomic E-state index is 6.22. The molecule has 0 radical (unpaired) electrons. The summed E-state index contributed by atoms with van der Waals surface area (Å²) < 4.78 is 16.0. The fourth-order valence-corrected chi connectivity index (χ4v) is 2.86. The van der Waals surface area contributed by atoms with Crippen LogP contribution >= 0.6 is 11.6 Å². The number of hydrogen-bond donors (Lipinski definition) is 1. The van der Waals surface area contributed by atoms with Crippen LogP contribution in [0.15, 0.2) is 36.4 Å². The molecule has 2 aromatic rings. The molecule has 6 heteroatoms. The third-order valence-corrected chi connectivity index (χ3v) is 4.18. The minimum absolute atomic E-state index is 0.611. The molecule has 0 atom stereocenters. The molecule has 0 aliphatic rings. The molecule has 2 aromatic carbocycles. The van der Waals surface area contributed by atoms with Crippen molar-refractivity contribution in [2.45, 2.75) is 0 Å². The number of nitrogen functional groups attached to an aromatic ring is 1. The van der Waals surface area contributed by atoms with Crippen molar-refractivity contribution in [2.75, 3.05) is 58.3 Å². The number of rotatable bonds is 9. The zero-order chi connectivity index (χ0) is 18.2. The van der Waals surface area contributed by atoms with E-state index in [1.54, 1.807) is 21.3 Å². The number of methoxy groups -OCH3 is 3. The largest absolute Gasteiger partial charge is 0.496 e. The molecule has 0 aliphatic carbocycles. The number of nitrogens with two attached hydrogens (primary N) is 1. The SMILES string of the molecule is COCCN(CCOC)c1ccc(N)cc1-c1cc(Cl)ccc1OC. The lowest BCUT2D eigenvalue weighted by Gasteiger charge is -2.27. The summed E-state index contributed by atoms with van der Waals surface area (Å²) in [5.41, 5.74) is 9.63. The van der Waals surface area contributed by atoms with Crippen LogP contribution in [0.25, 0.3) is 11.1 Å². The maximum Gasteiger partial charge on any atom is 0.126 e. The van der Waals surface area contributed by atoms with Crippen molar-refractivity contribution in [1.82, 2.24) is 0 Å². The van der Waals surface area contributed by atoms with Gasteiger partial charge in [0.1, 0.15) is 5.75 Å². The van der Waals surface area contributed by atoms with Crippen molar-refractivity contribution >= 4 is 23.0 Å². The summed E-state index contributed by atoms with van der Waals surface area (Å²) in [6.07, 6.45) is 0. The van der Waals surface area contributed by atoms with E-state index in [0.29, 0.717) is 23.9 Å². The molecular weight excluding hydrogens is 340 g/mol. The first-order valence-electron chi connectivity index (χ1n) is 8.07. The number of anilines is 2. The van der Waals surface area contributed by atoms with Crippen molar-refractivity contribution in [3.05, 3.63) is 41.4 Å². The van der Waals surface area contributed by atoms with Gasteiger partial charge in [-0.25, -0.2) is 0 Å². The molecule has 0 fully saturated rings. The Bertz CT molecular complexity index is 686. The Morgan fingerprint density at radius 1 is 0.920 bits per heavy atom. The fourth-order valence-electron chi connectivity index (χ4n) is 2.69. The third-order valence-electron chi connectivity index (χ3n) is 3.94. The van der Waals surface area contributed by atoms with Crippen LogP contribution in [0.1, 0.15) is 0 Å². The molecule has 0 amide bonds. The van der Waals surface area contributed by atoms with Crippen LogP contribution in [-0.2, 0) is 9.47 Å². The van der Waals surface area contributed by atoms with E-state index < -0.39 is 0 Å². The van der Waals surface area contributed by atoms with Crippen LogP contribution in [0.3, 0.4) is 0 Å². The minimum atomic E-state index is 0.611. The van der Waals surface area contributed by atoms with Gasteiger partial charge in [0.2, 0.25) is 0 Å². The van der Waals surface area contributed by atoms with Gasteiger partial charge >= 0.3 is 0 Å². The second-order valence-electron chi connectivity index (χ2n) is 5.59. The number of halogens is 1. The van der Waals surface area contributed by atoms with Gasteiger partial charge < -0.3 is 24.8 Å². The van der Waals surface area contributed by atoms with E-state index in [2.05, 4.69) is 4.90 Å². The molecule has 25 heavy (non-hydrogen) atoms. The Morgan fingerprint density at radius 3 is 2.20 bits per heavy atom. The summed E-state index contributed by atoms with van der Waals surface area (Å²) in [5, 5.41) is 0.643. The summed E-state index contributed by atoms with van der Waals surface area (Å²) in [5.74, 6) is 0.745. The second-order valence-corrected chi connectivity index (χ2v) is 6.03. The van der Waals surface area contributed by atoms with Crippen LogP contribution < -0.4 is 15.4 Å². The quantitative estimate of drug-likeness (QED) is 0.687. The van der Waals surface area contributed by atoms with Crippen molar-refractivity contribution in [3.8, 4) is 16.9 Å². The normalized spacial score (nSPS) is 10.7. The van der Waals surface area contributed by atoms with Gasteiger partial charge in [0.05, 0.1) is 20.3 Å². The Balaban J connectivity index is 2.54. The van der Waals surface area contributed by atoms with Crippen molar-refractivity contribution in [2.24, 2.45) is 0 Å². The van der Waals surface area contributed by atoms with Crippen LogP contribution in [-0.4, -0.2) is 47.6 Å². The zero-order valence-corrected chi connectivity index (χ0v) is 15.7. The topological polar surface area (TPSA) is 57.0 Å². The second kappa shape index (κ2) is 9.51. The first-order chi connectivity index (χ1) is 12.1. The average molecular weight is 365 g/mol. The lowest BCUT2D eigenvalue weighted by atomic mass is 10.0. The van der Waals surface area contributed by atoms with E-state index in [4.69, 9.17) is 31.5 Å². The lowest BCUT2D eigenvalue weighted by Crippen LogP contribution is -2.31. The summed E-state index contributed by atoms with van der Waals surface area (Å²) >= 11 is 6.22. The molecule has 0 bridgehead atoms. The van der Waals surface area contributed by atoms with Gasteiger partial charge in [0.25, 0.3) is 0 Å². The van der Waals surface area contributed by atoms with Gasteiger partial charge in [-0.15, -0.1) is 0 Å². The molecule has 2 N–H and O–H groups in total. The highest BCUT2D eigenvalue weighted by Crippen LogP contribution is 2.39. The van der Waals surface area contributed by atoms with E-state index in [1.807, 2.05) is 36.4 Å². The Hall–Kier alpha value is -1.95. The van der Waals surface area contributed by atoms with Crippen LogP contribution in [0.4, 0.5) is 11.4 Å². The highest BCUT2D eigenvalue weighted by molar-refractivity contribution is 6.31. The molecular formula is C19H25ClN2O3. The van der Waals surface area contributed by atoms with E-state index in [0.717, 1.165) is 35.7 Å². The molecule has 5 nitrogen and oxygen atoms in total. The van der Waals surface area contributed by atoms with E-state index in [9.17, 15) is 0 Å². The molecule has 136 valence electrons. The van der Waals surface area contributed by atoms with E-state index in [1.165, 1.54) is 0 Å². The van der Waals surface area contributed by atoms with Gasteiger partial charge in [0.15, 0.2) is 0 Å². The van der Waals surface area contributed by atoms with Gasteiger partial charge in [0, 0.05) is 54.8 Å². The molecule has 0 spiro atoms. The summed E-state index contributed by atoms with van der Waals surface area (Å²) in [7, 11) is 5.03. The lowest BCUT2D eigenvalue weighted by molar-refractivity contribution is 0.190. The predicted molar refractivity (Wildman–Crippen MR) is 104 cm³/mol. The zero-order valence-electron chi connectivity index (χ0n) is 14.9. The monoisotopic (exact) mass is 364 g/mol. The van der Waals surface area contributed by atoms with Gasteiger partial charge in [-0.1, -0.05) is 11.6 Å². The summed E-state index contributed by atoms with van der Waals surface area (Å²) in [6, 6.07) is 11.4. The number of benzene rings is 2. The van der Waals surface area contributed by atoms with Crippen molar-refractivity contribution < 1.29 is 14.2 Å². The van der Waals surface area contributed by atoms with Crippen LogP contribution in [0.5, 0.6) is 5.75 Å². The number of nitrogens with zero attached hydrogens (tertiary/aromatic N) is 1. The van der Waals surface area contributed by atoms with E-state index in [-0.39, 0.29) is 0 Å². The fraction of sp³-hybridized carbons (Fsp3) is 0.368. The minimum Gasteiger partial charge on any atom is -0.496 e. The first kappa shape index (κ1) is 19.4. The molecule has 0 saturated carbocycles. The van der Waals surface area contributed by atoms with Crippen molar-refractivity contribution in [1.29, 1.82) is 0 Å². The smallest absolute Gasteiger partial charge is 0.126 e. The Morgan fingerprint density at radius 2 is 1.60 bits per heavy atom. The van der Waals surface area contributed by atoms with E-state index >= 15 is 0 Å². The van der Waals surface area contributed by atoms with Crippen LogP contribution in [0.2, 0.25) is 5.02 Å². The standard InChI is InChI=1S/C19H25ClN2O3/c1-23-10-8-22(9-11-24-2)18-6-5-15(21)13-16(18)17-12-14(20)4-7-19(17)25-3/h4-7,12-13H,8-11,21H2,1-3H3. The maximum atomic E-state index is 6.22. The highest BCUT2D eigenvalue weighted by Gasteiger charge is 2.16. The molecule has 2 rings (SSSR count). The van der Waals surface area contributed by atoms with Gasteiger partial charge in [-0.3, -0.25) is 0 Å². The van der Waals surface area contributed by atoms with Gasteiger partial charge in [-0.2, -0.15) is 0 Å². The summed E-state index contributed by atoms with van der Waals surface area (Å²) in [4.78, 5) is 2.21. The Labute approximate surface area is 154 Å². The van der Waals surface area contributed by atoms with Crippen LogP contribution in [0, 0.1) is 0 Å². The molecule has 0 heterocycles. The third kappa shape index (κ3) is 5.01. The Kier molecular flexibility index (Phi) is 7.37. The number of hydrogen-bond acceptors (Lipinski definition) is 5.